The number of ether oxygens (including phenoxy) is 1. The van der Waals surface area contributed by atoms with Crippen LogP contribution in [0.2, 0.25) is 4.34 Å². The van der Waals surface area contributed by atoms with Gasteiger partial charge in [-0.1, -0.05) is 23.7 Å². The number of nitrogens with two attached hydrogens (primary N) is 1. The topological polar surface area (TPSA) is 35.2 Å². The molecular weight excluding hydrogens is 266 g/mol. The highest BCUT2D eigenvalue weighted by Crippen LogP contribution is 2.34. The van der Waals surface area contributed by atoms with Crippen LogP contribution in [-0.4, -0.2) is 7.11 Å². The van der Waals surface area contributed by atoms with E-state index < -0.39 is 0 Å². The van der Waals surface area contributed by atoms with Crippen LogP contribution >= 0.6 is 22.9 Å². The molecule has 0 aliphatic carbocycles. The zero-order valence-electron chi connectivity index (χ0n) is 10.7. The van der Waals surface area contributed by atoms with Gasteiger partial charge in [0.1, 0.15) is 5.75 Å². The second-order valence-electron chi connectivity index (χ2n) is 4.31. The van der Waals surface area contributed by atoms with E-state index in [0.717, 1.165) is 31.7 Å². The molecule has 1 unspecified atom stereocenters. The Labute approximate surface area is 116 Å². The fourth-order valence-corrected chi connectivity index (χ4v) is 3.08. The lowest BCUT2D eigenvalue weighted by molar-refractivity contribution is 0.411. The van der Waals surface area contributed by atoms with Crippen LogP contribution < -0.4 is 10.5 Å². The smallest absolute Gasteiger partial charge is 0.122 e. The molecule has 0 saturated heterocycles. The second-order valence-corrected chi connectivity index (χ2v) is 6.00. The fraction of sp³-hybridized carbons (Fsp3) is 0.286. The van der Waals surface area contributed by atoms with Gasteiger partial charge in [0.25, 0.3) is 0 Å². The molecule has 0 aliphatic heterocycles. The summed E-state index contributed by atoms with van der Waals surface area (Å²) in [5.74, 6) is 0.863. The summed E-state index contributed by atoms with van der Waals surface area (Å²) in [5, 5.41) is 0. The minimum atomic E-state index is -0.157. The zero-order chi connectivity index (χ0) is 13.3. The molecule has 1 atom stereocenters. The molecule has 0 fully saturated rings. The van der Waals surface area contributed by atoms with Crippen LogP contribution in [0.25, 0.3) is 0 Å². The van der Waals surface area contributed by atoms with E-state index in [0.29, 0.717) is 0 Å². The van der Waals surface area contributed by atoms with E-state index in [2.05, 4.69) is 0 Å². The van der Waals surface area contributed by atoms with E-state index in [1.807, 2.05) is 38.1 Å². The zero-order valence-corrected chi connectivity index (χ0v) is 12.2. The van der Waals surface area contributed by atoms with Crippen LogP contribution in [0.3, 0.4) is 0 Å². The normalized spacial score (nSPS) is 12.5. The molecule has 2 rings (SSSR count). The molecular formula is C14H16ClNOS. The van der Waals surface area contributed by atoms with Gasteiger partial charge in [-0.15, -0.1) is 11.3 Å². The van der Waals surface area contributed by atoms with Gasteiger partial charge in [-0.2, -0.15) is 0 Å². The number of aryl methyl sites for hydroxylation is 2. The summed E-state index contributed by atoms with van der Waals surface area (Å²) in [4.78, 5) is 1.07. The van der Waals surface area contributed by atoms with Crippen LogP contribution in [0.1, 0.15) is 27.6 Å². The van der Waals surface area contributed by atoms with E-state index in [4.69, 9.17) is 22.1 Å². The fourth-order valence-electron chi connectivity index (χ4n) is 1.83. The third-order valence-corrected chi connectivity index (χ3v) is 4.61. The molecule has 0 amide bonds. The first kappa shape index (κ1) is 13.4. The number of rotatable bonds is 3. The molecule has 2 N–H and O–H groups in total. The average Bonchev–Trinajstić information content (AvgIpc) is 2.69. The standard InChI is InChI=1S/C14H16ClNOS/c1-8-4-5-10(7-11(8)17-3)13(16)12-6-9(2)14(15)18-12/h4-7,13H,16H2,1-3H3. The number of thiophene rings is 1. The number of benzene rings is 1. The maximum absolute atomic E-state index is 6.27. The number of hydrogen-bond donors (Lipinski definition) is 1. The van der Waals surface area contributed by atoms with Crippen LogP contribution in [0, 0.1) is 13.8 Å². The van der Waals surface area contributed by atoms with Gasteiger partial charge in [-0.05, 0) is 42.7 Å². The third kappa shape index (κ3) is 2.53. The Morgan fingerprint density at radius 2 is 1.94 bits per heavy atom. The lowest BCUT2D eigenvalue weighted by Gasteiger charge is -2.13. The van der Waals surface area contributed by atoms with Gasteiger partial charge in [0.2, 0.25) is 0 Å². The van der Waals surface area contributed by atoms with Crippen molar-refractivity contribution in [3.05, 3.63) is 50.2 Å². The van der Waals surface area contributed by atoms with Crippen molar-refractivity contribution in [1.82, 2.24) is 0 Å². The largest absolute Gasteiger partial charge is 0.496 e. The Morgan fingerprint density at radius 1 is 1.22 bits per heavy atom. The quantitative estimate of drug-likeness (QED) is 0.920. The van der Waals surface area contributed by atoms with Crippen molar-refractivity contribution >= 4 is 22.9 Å². The second kappa shape index (κ2) is 5.31. The maximum atomic E-state index is 6.27. The van der Waals surface area contributed by atoms with Gasteiger partial charge in [0, 0.05) is 4.88 Å². The van der Waals surface area contributed by atoms with Crippen molar-refractivity contribution in [1.29, 1.82) is 0 Å². The van der Waals surface area contributed by atoms with Crippen molar-refractivity contribution in [2.45, 2.75) is 19.9 Å². The minimum Gasteiger partial charge on any atom is -0.496 e. The molecule has 18 heavy (non-hydrogen) atoms. The Morgan fingerprint density at radius 3 is 2.50 bits per heavy atom. The molecule has 2 aromatic rings. The Bertz CT molecular complexity index is 545. The van der Waals surface area contributed by atoms with E-state index in [9.17, 15) is 0 Å². The Hall–Kier alpha value is -1.03. The van der Waals surface area contributed by atoms with Crippen LogP contribution in [-0.2, 0) is 0 Å². The lowest BCUT2D eigenvalue weighted by atomic mass is 10.0. The summed E-state index contributed by atoms with van der Waals surface area (Å²) in [6, 6.07) is 7.94. The van der Waals surface area contributed by atoms with Crippen molar-refractivity contribution in [3.63, 3.8) is 0 Å². The maximum Gasteiger partial charge on any atom is 0.122 e. The summed E-state index contributed by atoms with van der Waals surface area (Å²) < 4.78 is 6.13. The predicted octanol–water partition coefficient (Wildman–Crippen LogP) is 4.08. The van der Waals surface area contributed by atoms with Gasteiger partial charge < -0.3 is 10.5 Å². The molecule has 0 spiro atoms. The van der Waals surface area contributed by atoms with Crippen LogP contribution in [0.5, 0.6) is 5.75 Å². The highest BCUT2D eigenvalue weighted by atomic mass is 35.5. The highest BCUT2D eigenvalue weighted by molar-refractivity contribution is 7.16. The number of hydrogen-bond acceptors (Lipinski definition) is 3. The van der Waals surface area contributed by atoms with Crippen molar-refractivity contribution in [2.75, 3.05) is 7.11 Å². The molecule has 1 aromatic carbocycles. The first-order chi connectivity index (χ1) is 8.52. The summed E-state index contributed by atoms with van der Waals surface area (Å²) in [5.41, 5.74) is 9.49. The number of halogens is 1. The van der Waals surface area contributed by atoms with E-state index in [1.165, 1.54) is 11.3 Å². The first-order valence-electron chi connectivity index (χ1n) is 5.69. The molecule has 1 aromatic heterocycles. The van der Waals surface area contributed by atoms with Gasteiger partial charge in [0.05, 0.1) is 17.5 Å². The molecule has 4 heteroatoms. The molecule has 0 bridgehead atoms. The highest BCUT2D eigenvalue weighted by Gasteiger charge is 2.14. The van der Waals surface area contributed by atoms with Gasteiger partial charge >= 0.3 is 0 Å². The van der Waals surface area contributed by atoms with Crippen LogP contribution in [0.4, 0.5) is 0 Å². The van der Waals surface area contributed by atoms with Gasteiger partial charge in [0.15, 0.2) is 0 Å². The van der Waals surface area contributed by atoms with Crippen molar-refractivity contribution in [3.8, 4) is 5.75 Å². The minimum absolute atomic E-state index is 0.157. The van der Waals surface area contributed by atoms with E-state index in [-0.39, 0.29) is 6.04 Å². The third-order valence-electron chi connectivity index (χ3n) is 2.97. The molecule has 96 valence electrons. The van der Waals surface area contributed by atoms with Crippen LogP contribution in [0.15, 0.2) is 24.3 Å². The molecule has 0 aliphatic rings. The predicted molar refractivity (Wildman–Crippen MR) is 77.8 cm³/mol. The Balaban J connectivity index is 2.36. The molecule has 0 saturated carbocycles. The van der Waals surface area contributed by atoms with E-state index in [1.54, 1.807) is 7.11 Å². The number of methoxy groups -OCH3 is 1. The molecule has 0 radical (unpaired) electrons. The van der Waals surface area contributed by atoms with Gasteiger partial charge in [-0.3, -0.25) is 0 Å². The monoisotopic (exact) mass is 281 g/mol. The van der Waals surface area contributed by atoms with Crippen molar-refractivity contribution < 1.29 is 4.74 Å². The Kier molecular flexibility index (Phi) is 3.95. The summed E-state index contributed by atoms with van der Waals surface area (Å²) in [6.45, 7) is 4.01. The molecule has 2 nitrogen and oxygen atoms in total. The van der Waals surface area contributed by atoms with E-state index >= 15 is 0 Å². The SMILES string of the molecule is COc1cc(C(N)c2cc(C)c(Cl)s2)ccc1C. The van der Waals surface area contributed by atoms with Gasteiger partial charge in [-0.25, -0.2) is 0 Å². The summed E-state index contributed by atoms with van der Waals surface area (Å²) >= 11 is 7.62. The lowest BCUT2D eigenvalue weighted by Crippen LogP contribution is -2.10. The average molecular weight is 282 g/mol. The summed E-state index contributed by atoms with van der Waals surface area (Å²) in [6.07, 6.45) is 0. The van der Waals surface area contributed by atoms with Crippen molar-refractivity contribution in [2.24, 2.45) is 5.73 Å². The summed E-state index contributed by atoms with van der Waals surface area (Å²) in [7, 11) is 1.67. The molecule has 1 heterocycles. The first-order valence-corrected chi connectivity index (χ1v) is 6.88.